The molecule has 3 nitrogen and oxygen atoms in total. The van der Waals surface area contributed by atoms with Gasteiger partial charge in [0, 0.05) is 44.2 Å². The SMILES string of the molecule is c1ccc(-c2cccc3c2oc2c(N(c4ccccc4)c4ccc5c6c(-c7ccccc7)cccc6n(-c6ccccc6)c5c4)cccc23)cc1. The van der Waals surface area contributed by atoms with Gasteiger partial charge < -0.3 is 13.9 Å². The molecule has 3 heteroatoms. The maximum atomic E-state index is 6.94. The molecule has 0 saturated carbocycles. The number of benzene rings is 8. The van der Waals surface area contributed by atoms with Gasteiger partial charge in [-0.2, -0.15) is 0 Å². The fraction of sp³-hybridized carbons (Fsp3) is 0. The minimum Gasteiger partial charge on any atom is -0.453 e. The highest BCUT2D eigenvalue weighted by Gasteiger charge is 2.23. The van der Waals surface area contributed by atoms with Crippen LogP contribution in [0, 0.1) is 0 Å². The molecular weight excluding hydrogens is 621 g/mol. The Morgan fingerprint density at radius 1 is 0.392 bits per heavy atom. The summed E-state index contributed by atoms with van der Waals surface area (Å²) in [6.07, 6.45) is 0. The molecular formula is C48H32N2O. The van der Waals surface area contributed by atoms with Crippen LogP contribution in [0.5, 0.6) is 0 Å². The Bertz CT molecular complexity index is 2840. The monoisotopic (exact) mass is 652 g/mol. The third kappa shape index (κ3) is 4.74. The van der Waals surface area contributed by atoms with Gasteiger partial charge in [0.25, 0.3) is 0 Å². The lowest BCUT2D eigenvalue weighted by Crippen LogP contribution is -2.10. The van der Waals surface area contributed by atoms with Crippen molar-refractivity contribution in [2.75, 3.05) is 4.90 Å². The summed E-state index contributed by atoms with van der Waals surface area (Å²) in [6.45, 7) is 0. The average Bonchev–Trinajstić information content (AvgIpc) is 3.76. The molecule has 240 valence electrons. The zero-order valence-electron chi connectivity index (χ0n) is 27.8. The number of furan rings is 1. The van der Waals surface area contributed by atoms with Crippen LogP contribution in [-0.2, 0) is 0 Å². The van der Waals surface area contributed by atoms with Crippen molar-refractivity contribution in [3.63, 3.8) is 0 Å². The molecule has 51 heavy (non-hydrogen) atoms. The highest BCUT2D eigenvalue weighted by Crippen LogP contribution is 2.46. The Labute approximate surface area is 295 Å². The fourth-order valence-electron chi connectivity index (χ4n) is 7.74. The van der Waals surface area contributed by atoms with Crippen molar-refractivity contribution in [3.05, 3.63) is 194 Å². The highest BCUT2D eigenvalue weighted by molar-refractivity contribution is 6.17. The molecule has 0 spiro atoms. The van der Waals surface area contributed by atoms with Crippen LogP contribution in [0.1, 0.15) is 0 Å². The summed E-state index contributed by atoms with van der Waals surface area (Å²) in [4.78, 5) is 2.33. The molecule has 0 radical (unpaired) electrons. The first-order valence-corrected chi connectivity index (χ1v) is 17.4. The van der Waals surface area contributed by atoms with E-state index in [2.05, 4.69) is 204 Å². The van der Waals surface area contributed by atoms with Gasteiger partial charge in [-0.25, -0.2) is 0 Å². The van der Waals surface area contributed by atoms with E-state index in [-0.39, 0.29) is 0 Å². The molecule has 0 unspecified atom stereocenters. The van der Waals surface area contributed by atoms with Crippen molar-refractivity contribution in [1.82, 2.24) is 4.57 Å². The van der Waals surface area contributed by atoms with Crippen molar-refractivity contribution < 1.29 is 4.42 Å². The standard InChI is InChI=1S/C48H32N2O/c1-5-16-33(17-6-1)38-24-14-28-43-46(38)42-31-30-37(32-45(42)50(43)36-22-11-4-12-23-36)49(35-20-9-3-10-21-35)44-29-15-27-41-40-26-13-25-39(47(40)51-48(41)44)34-18-7-2-8-19-34/h1-32H. The van der Waals surface area contributed by atoms with Crippen LogP contribution >= 0.6 is 0 Å². The molecule has 0 bridgehead atoms. The molecule has 2 heterocycles. The third-order valence-electron chi connectivity index (χ3n) is 9.98. The molecule has 0 atom stereocenters. The quantitative estimate of drug-likeness (QED) is 0.178. The van der Waals surface area contributed by atoms with Crippen molar-refractivity contribution in [2.45, 2.75) is 0 Å². The minimum absolute atomic E-state index is 0.856. The second-order valence-electron chi connectivity index (χ2n) is 12.9. The number of nitrogens with zero attached hydrogens (tertiary/aromatic N) is 2. The first-order valence-electron chi connectivity index (χ1n) is 17.4. The summed E-state index contributed by atoms with van der Waals surface area (Å²) in [6, 6.07) is 68.9. The minimum atomic E-state index is 0.856. The summed E-state index contributed by atoms with van der Waals surface area (Å²) in [5, 5.41) is 4.65. The Morgan fingerprint density at radius 3 is 1.71 bits per heavy atom. The van der Waals surface area contributed by atoms with Gasteiger partial charge >= 0.3 is 0 Å². The van der Waals surface area contributed by atoms with Crippen molar-refractivity contribution >= 4 is 60.8 Å². The second kappa shape index (κ2) is 11.9. The molecule has 0 fully saturated rings. The number of fused-ring (bicyclic) bond motifs is 6. The van der Waals surface area contributed by atoms with Crippen LogP contribution in [0.3, 0.4) is 0 Å². The van der Waals surface area contributed by atoms with E-state index in [9.17, 15) is 0 Å². The summed E-state index contributed by atoms with van der Waals surface area (Å²) in [5.41, 5.74) is 12.9. The Balaban J connectivity index is 1.25. The van der Waals surface area contributed by atoms with Crippen LogP contribution in [0.2, 0.25) is 0 Å². The largest absolute Gasteiger partial charge is 0.453 e. The molecule has 10 rings (SSSR count). The van der Waals surface area contributed by atoms with Gasteiger partial charge in [0.15, 0.2) is 5.58 Å². The Kier molecular flexibility index (Phi) is 6.81. The van der Waals surface area contributed by atoms with Gasteiger partial charge in [-0.3, -0.25) is 0 Å². The second-order valence-corrected chi connectivity index (χ2v) is 12.9. The average molecular weight is 653 g/mol. The smallest absolute Gasteiger partial charge is 0.159 e. The molecule has 0 aliphatic heterocycles. The molecule has 0 amide bonds. The van der Waals surface area contributed by atoms with Crippen LogP contribution < -0.4 is 4.90 Å². The number of hydrogen-bond donors (Lipinski definition) is 0. The Morgan fingerprint density at radius 2 is 0.980 bits per heavy atom. The van der Waals surface area contributed by atoms with E-state index in [0.717, 1.165) is 61.3 Å². The normalized spacial score (nSPS) is 11.5. The first kappa shape index (κ1) is 29.1. The van der Waals surface area contributed by atoms with E-state index in [0.29, 0.717) is 0 Å². The lowest BCUT2D eigenvalue weighted by molar-refractivity contribution is 0.670. The number of para-hydroxylation sites is 4. The maximum Gasteiger partial charge on any atom is 0.159 e. The molecule has 0 aliphatic rings. The van der Waals surface area contributed by atoms with E-state index >= 15 is 0 Å². The lowest BCUT2D eigenvalue weighted by Gasteiger charge is -2.25. The van der Waals surface area contributed by atoms with Gasteiger partial charge in [0.05, 0.1) is 16.7 Å². The van der Waals surface area contributed by atoms with Crippen LogP contribution in [0.15, 0.2) is 199 Å². The number of aromatic nitrogens is 1. The van der Waals surface area contributed by atoms with E-state index in [4.69, 9.17) is 4.42 Å². The van der Waals surface area contributed by atoms with Gasteiger partial charge in [0.1, 0.15) is 5.58 Å². The van der Waals surface area contributed by atoms with Gasteiger partial charge in [0.2, 0.25) is 0 Å². The summed E-state index contributed by atoms with van der Waals surface area (Å²) < 4.78 is 9.34. The molecule has 2 aromatic heterocycles. The molecule has 0 saturated heterocycles. The topological polar surface area (TPSA) is 21.3 Å². The summed E-state index contributed by atoms with van der Waals surface area (Å²) >= 11 is 0. The van der Waals surface area contributed by atoms with Crippen molar-refractivity contribution in [2.24, 2.45) is 0 Å². The predicted molar refractivity (Wildman–Crippen MR) is 214 cm³/mol. The zero-order valence-corrected chi connectivity index (χ0v) is 27.8. The first-order chi connectivity index (χ1) is 25.3. The van der Waals surface area contributed by atoms with Crippen molar-refractivity contribution in [3.8, 4) is 27.9 Å². The van der Waals surface area contributed by atoms with Crippen molar-refractivity contribution in [1.29, 1.82) is 0 Å². The van der Waals surface area contributed by atoms with E-state index in [1.807, 2.05) is 0 Å². The van der Waals surface area contributed by atoms with E-state index in [1.165, 1.54) is 27.4 Å². The number of hydrogen-bond acceptors (Lipinski definition) is 2. The third-order valence-corrected chi connectivity index (χ3v) is 9.98. The van der Waals surface area contributed by atoms with E-state index in [1.54, 1.807) is 0 Å². The van der Waals surface area contributed by atoms with Gasteiger partial charge in [-0.05, 0) is 65.2 Å². The fourth-order valence-corrected chi connectivity index (χ4v) is 7.74. The van der Waals surface area contributed by atoms with Gasteiger partial charge in [-0.1, -0.05) is 146 Å². The summed E-state index contributed by atoms with van der Waals surface area (Å²) in [5.74, 6) is 0. The maximum absolute atomic E-state index is 6.94. The predicted octanol–water partition coefficient (Wildman–Crippen LogP) is 13.5. The van der Waals surface area contributed by atoms with Crippen LogP contribution in [0.4, 0.5) is 17.1 Å². The summed E-state index contributed by atoms with van der Waals surface area (Å²) in [7, 11) is 0. The molecule has 0 N–H and O–H groups in total. The van der Waals surface area contributed by atoms with Crippen LogP contribution in [0.25, 0.3) is 71.7 Å². The van der Waals surface area contributed by atoms with Gasteiger partial charge in [-0.15, -0.1) is 0 Å². The molecule has 8 aromatic carbocycles. The van der Waals surface area contributed by atoms with Crippen LogP contribution in [-0.4, -0.2) is 4.57 Å². The molecule has 10 aromatic rings. The number of rotatable bonds is 6. The highest BCUT2D eigenvalue weighted by atomic mass is 16.3. The van der Waals surface area contributed by atoms with E-state index < -0.39 is 0 Å². The zero-order chi connectivity index (χ0) is 33.7. The molecule has 0 aliphatic carbocycles. The lowest BCUT2D eigenvalue weighted by atomic mass is 9.99. The number of anilines is 3. The Hall–Kier alpha value is -6.84.